The van der Waals surface area contributed by atoms with E-state index in [0.717, 1.165) is 0 Å². The molecule has 0 radical (unpaired) electrons. The largest absolute Gasteiger partial charge is 0.507 e. The molecule has 8 heteroatoms. The molecule has 2 aliphatic heterocycles. The van der Waals surface area contributed by atoms with Crippen molar-refractivity contribution in [3.63, 3.8) is 0 Å². The van der Waals surface area contributed by atoms with Crippen molar-refractivity contribution >= 4 is 17.4 Å². The van der Waals surface area contributed by atoms with Crippen LogP contribution in [0.15, 0.2) is 78.4 Å². The van der Waals surface area contributed by atoms with E-state index in [9.17, 15) is 14.7 Å². The Balaban J connectivity index is 1.58. The summed E-state index contributed by atoms with van der Waals surface area (Å²) in [6.07, 6.45) is 0. The zero-order valence-electron chi connectivity index (χ0n) is 19.7. The van der Waals surface area contributed by atoms with Gasteiger partial charge in [-0.1, -0.05) is 30.3 Å². The van der Waals surface area contributed by atoms with Gasteiger partial charge in [-0.25, -0.2) is 0 Å². The van der Waals surface area contributed by atoms with Crippen LogP contribution in [0.1, 0.15) is 17.2 Å². The molecule has 0 aromatic heterocycles. The normalized spacial score (nSPS) is 18.4. The van der Waals surface area contributed by atoms with E-state index in [1.165, 1.54) is 12.0 Å². The minimum Gasteiger partial charge on any atom is -0.507 e. The van der Waals surface area contributed by atoms with Crippen molar-refractivity contribution in [2.75, 3.05) is 33.5 Å². The van der Waals surface area contributed by atoms with Crippen molar-refractivity contribution in [3.05, 3.63) is 89.5 Å². The molecule has 1 fully saturated rings. The highest BCUT2D eigenvalue weighted by molar-refractivity contribution is 6.46. The van der Waals surface area contributed by atoms with Crippen LogP contribution < -0.4 is 14.2 Å². The highest BCUT2D eigenvalue weighted by Crippen LogP contribution is 2.42. The van der Waals surface area contributed by atoms with Crippen molar-refractivity contribution in [1.82, 2.24) is 4.90 Å². The summed E-state index contributed by atoms with van der Waals surface area (Å²) in [6, 6.07) is 20.5. The van der Waals surface area contributed by atoms with Crippen LogP contribution in [0, 0.1) is 0 Å². The molecule has 5 rings (SSSR count). The Labute approximate surface area is 208 Å². The van der Waals surface area contributed by atoms with Crippen LogP contribution in [0.2, 0.25) is 0 Å². The van der Waals surface area contributed by atoms with E-state index >= 15 is 0 Å². The summed E-state index contributed by atoms with van der Waals surface area (Å²) in [6.45, 7) is 1.22. The Morgan fingerprint density at radius 3 is 2.47 bits per heavy atom. The summed E-state index contributed by atoms with van der Waals surface area (Å²) < 4.78 is 22.3. The van der Waals surface area contributed by atoms with E-state index in [4.69, 9.17) is 18.9 Å². The monoisotopic (exact) mass is 487 g/mol. The minimum atomic E-state index is -0.826. The van der Waals surface area contributed by atoms with Crippen LogP contribution in [-0.2, 0) is 14.3 Å². The van der Waals surface area contributed by atoms with Crippen molar-refractivity contribution < 1.29 is 33.6 Å². The van der Waals surface area contributed by atoms with Gasteiger partial charge in [0.25, 0.3) is 11.7 Å². The fraction of sp³-hybridized carbons (Fsp3) is 0.214. The van der Waals surface area contributed by atoms with Gasteiger partial charge in [0.15, 0.2) is 11.5 Å². The molecule has 1 atom stereocenters. The van der Waals surface area contributed by atoms with Gasteiger partial charge in [0.1, 0.15) is 30.5 Å². The van der Waals surface area contributed by atoms with Gasteiger partial charge in [0.05, 0.1) is 18.2 Å². The smallest absolute Gasteiger partial charge is 0.295 e. The second-order valence-corrected chi connectivity index (χ2v) is 8.33. The molecule has 1 unspecified atom stereocenters. The minimum absolute atomic E-state index is 0.00959. The number of aliphatic hydroxyl groups excluding tert-OH is 1. The van der Waals surface area contributed by atoms with E-state index in [2.05, 4.69) is 0 Å². The average molecular weight is 488 g/mol. The number of ketones is 1. The van der Waals surface area contributed by atoms with Crippen LogP contribution in [0.3, 0.4) is 0 Å². The van der Waals surface area contributed by atoms with Crippen LogP contribution in [0.5, 0.6) is 23.0 Å². The average Bonchev–Trinajstić information content (AvgIpc) is 3.17. The number of fused-ring (bicyclic) bond motifs is 1. The Bertz CT molecular complexity index is 1320. The molecule has 0 bridgehead atoms. The Morgan fingerprint density at radius 1 is 0.944 bits per heavy atom. The van der Waals surface area contributed by atoms with Gasteiger partial charge in [-0.3, -0.25) is 9.59 Å². The number of methoxy groups -OCH3 is 1. The van der Waals surface area contributed by atoms with Crippen molar-refractivity contribution in [1.29, 1.82) is 0 Å². The summed E-state index contributed by atoms with van der Waals surface area (Å²) in [4.78, 5) is 27.7. The number of carbonyl (C=O) groups excluding carboxylic acids is 2. The lowest BCUT2D eigenvalue weighted by Gasteiger charge is -2.25. The topological polar surface area (TPSA) is 94.5 Å². The zero-order valence-corrected chi connectivity index (χ0v) is 19.7. The number of ether oxygens (including phenoxy) is 4. The predicted octanol–water partition coefficient (Wildman–Crippen LogP) is 4.32. The second-order valence-electron chi connectivity index (χ2n) is 8.33. The summed E-state index contributed by atoms with van der Waals surface area (Å²) in [5, 5.41) is 11.3. The lowest BCUT2D eigenvalue weighted by molar-refractivity contribution is -0.140. The van der Waals surface area contributed by atoms with Crippen molar-refractivity contribution in [2.24, 2.45) is 0 Å². The van der Waals surface area contributed by atoms with Crippen LogP contribution in [0.4, 0.5) is 0 Å². The number of hydrogen-bond donors (Lipinski definition) is 1. The first-order valence-electron chi connectivity index (χ1n) is 11.6. The molecule has 3 aromatic rings. The summed E-state index contributed by atoms with van der Waals surface area (Å²) in [7, 11) is 1.52. The third kappa shape index (κ3) is 4.50. The molecule has 3 aromatic carbocycles. The third-order valence-electron chi connectivity index (χ3n) is 6.04. The number of nitrogens with zero attached hydrogens (tertiary/aromatic N) is 1. The molecule has 0 spiro atoms. The van der Waals surface area contributed by atoms with Gasteiger partial charge in [-0.05, 0) is 48.0 Å². The molecule has 2 heterocycles. The maximum absolute atomic E-state index is 13.2. The number of para-hydroxylation sites is 1. The Hall–Kier alpha value is -4.30. The van der Waals surface area contributed by atoms with Crippen LogP contribution in [-0.4, -0.2) is 55.2 Å². The van der Waals surface area contributed by atoms with E-state index in [1.54, 1.807) is 42.5 Å². The lowest BCUT2D eigenvalue weighted by atomic mass is 9.95. The number of benzene rings is 3. The number of rotatable bonds is 7. The molecule has 0 saturated carbocycles. The maximum atomic E-state index is 13.2. The van der Waals surface area contributed by atoms with Crippen molar-refractivity contribution in [3.8, 4) is 23.0 Å². The Kier molecular flexibility index (Phi) is 6.60. The number of Topliss-reactive ketones (excluding diaryl/α,β-unsaturated/α-hetero) is 1. The van der Waals surface area contributed by atoms with E-state index in [1.807, 2.05) is 30.3 Å². The lowest BCUT2D eigenvalue weighted by Crippen LogP contribution is -2.32. The summed E-state index contributed by atoms with van der Waals surface area (Å²) in [5.41, 5.74) is 0.966. The Morgan fingerprint density at radius 2 is 1.69 bits per heavy atom. The predicted molar refractivity (Wildman–Crippen MR) is 131 cm³/mol. The van der Waals surface area contributed by atoms with Gasteiger partial charge in [-0.2, -0.15) is 0 Å². The number of hydrogen-bond acceptors (Lipinski definition) is 7. The molecular weight excluding hydrogens is 462 g/mol. The summed E-state index contributed by atoms with van der Waals surface area (Å²) >= 11 is 0. The van der Waals surface area contributed by atoms with Crippen LogP contribution >= 0.6 is 0 Å². The first-order valence-corrected chi connectivity index (χ1v) is 11.6. The van der Waals surface area contributed by atoms with Gasteiger partial charge < -0.3 is 29.0 Å². The van der Waals surface area contributed by atoms with Crippen LogP contribution in [0.25, 0.3) is 5.76 Å². The quantitative estimate of drug-likeness (QED) is 0.301. The molecule has 8 nitrogen and oxygen atoms in total. The number of aliphatic hydroxyl groups is 1. The molecule has 0 aliphatic carbocycles. The fourth-order valence-corrected chi connectivity index (χ4v) is 4.37. The highest BCUT2D eigenvalue weighted by atomic mass is 16.6. The first-order chi connectivity index (χ1) is 17.6. The number of likely N-dealkylation sites (tertiary alicyclic amines) is 1. The highest BCUT2D eigenvalue weighted by Gasteiger charge is 2.46. The number of carbonyl (C=O) groups is 2. The van der Waals surface area contributed by atoms with Gasteiger partial charge >= 0.3 is 0 Å². The molecule has 1 N–H and O–H groups in total. The van der Waals surface area contributed by atoms with Gasteiger partial charge in [-0.15, -0.1) is 0 Å². The van der Waals surface area contributed by atoms with Crippen molar-refractivity contribution in [2.45, 2.75) is 6.04 Å². The number of amides is 1. The standard InChI is InChI=1S/C28H25NO7/c1-33-13-12-29-25(18-6-5-9-21(16-18)36-20-7-3-2-4-8-20)24(27(31)28(29)32)26(30)19-10-11-22-23(17-19)35-15-14-34-22/h2-11,16-17,25,30H,12-15H2,1H3/b26-24+. The molecule has 2 aliphatic rings. The SMILES string of the molecule is COCCN1C(=O)C(=O)/C(=C(/O)c2ccc3c(c2)OCCO3)C1c1cccc(Oc2ccccc2)c1. The summed E-state index contributed by atoms with van der Waals surface area (Å²) in [5.74, 6) is 0.456. The molecular formula is C28H25NO7. The third-order valence-corrected chi connectivity index (χ3v) is 6.04. The molecule has 1 saturated heterocycles. The van der Waals surface area contributed by atoms with Gasteiger partial charge in [0.2, 0.25) is 0 Å². The fourth-order valence-electron chi connectivity index (χ4n) is 4.37. The molecule has 184 valence electrons. The second kappa shape index (κ2) is 10.1. The first kappa shape index (κ1) is 23.4. The molecule has 1 amide bonds. The molecule has 36 heavy (non-hydrogen) atoms. The maximum Gasteiger partial charge on any atom is 0.295 e. The zero-order chi connectivity index (χ0) is 25.1. The van der Waals surface area contributed by atoms with E-state index < -0.39 is 17.7 Å². The van der Waals surface area contributed by atoms with E-state index in [0.29, 0.717) is 47.3 Å². The van der Waals surface area contributed by atoms with E-state index in [-0.39, 0.29) is 24.5 Å². The van der Waals surface area contributed by atoms with Gasteiger partial charge in [0, 0.05) is 19.2 Å².